The Morgan fingerprint density at radius 3 is 2.38 bits per heavy atom. The number of nitrogens with one attached hydrogen (secondary N) is 2. The number of anilines is 2. The Morgan fingerprint density at radius 2 is 1.67 bits per heavy atom. The number of rotatable bonds is 4. The van der Waals surface area contributed by atoms with Gasteiger partial charge >= 0.3 is 6.09 Å². The molecule has 0 unspecified atom stereocenters. The van der Waals surface area contributed by atoms with Crippen LogP contribution in [0.5, 0.6) is 0 Å². The fraction of sp³-hybridized carbons (Fsp3) is 0.242. The minimum atomic E-state index is -0.562. The lowest BCUT2D eigenvalue weighted by Gasteiger charge is -2.43. The van der Waals surface area contributed by atoms with Crippen LogP contribution in [0.25, 0.3) is 39.9 Å². The minimum absolute atomic E-state index is 0.397. The lowest BCUT2D eigenvalue weighted by molar-refractivity contribution is 0.0377. The Bertz CT molecular complexity index is 1790. The van der Waals surface area contributed by atoms with Crippen LogP contribution in [0.2, 0.25) is 0 Å². The molecule has 0 atom stereocenters. The van der Waals surface area contributed by atoms with Crippen molar-refractivity contribution >= 4 is 17.6 Å². The predicted molar refractivity (Wildman–Crippen MR) is 161 cm³/mol. The van der Waals surface area contributed by atoms with Crippen LogP contribution in [0.4, 0.5) is 16.3 Å². The summed E-state index contributed by atoms with van der Waals surface area (Å²) >= 11 is 0. The van der Waals surface area contributed by atoms with Crippen molar-refractivity contribution in [3.8, 4) is 39.9 Å². The first kappa shape index (κ1) is 25.9. The van der Waals surface area contributed by atoms with E-state index in [9.17, 15) is 4.79 Å². The Kier molecular flexibility index (Phi) is 6.04. The first-order valence-electron chi connectivity index (χ1n) is 14.2. The van der Waals surface area contributed by atoms with Crippen LogP contribution in [0.3, 0.4) is 0 Å². The van der Waals surface area contributed by atoms with Gasteiger partial charge in [0, 0.05) is 29.7 Å². The molecule has 3 aromatic heterocycles. The average molecular weight is 558 g/mol. The van der Waals surface area contributed by atoms with Crippen LogP contribution in [-0.4, -0.2) is 36.2 Å². The van der Waals surface area contributed by atoms with E-state index in [0.717, 1.165) is 64.7 Å². The molecule has 210 valence electrons. The summed E-state index contributed by atoms with van der Waals surface area (Å²) in [4.78, 5) is 31.7. The number of nitrogens with zero attached hydrogens (tertiary/aromatic N) is 5. The second kappa shape index (κ2) is 9.80. The van der Waals surface area contributed by atoms with Crippen LogP contribution in [0.1, 0.15) is 45.6 Å². The molecular weight excluding hydrogens is 526 g/mol. The Labute approximate surface area is 244 Å². The summed E-state index contributed by atoms with van der Waals surface area (Å²) in [5.41, 5.74) is 5.27. The van der Waals surface area contributed by atoms with E-state index in [1.165, 1.54) is 0 Å². The number of carbonyl (C=O) groups is 1. The van der Waals surface area contributed by atoms with Crippen LogP contribution >= 0.6 is 0 Å². The number of hydrogen-bond acceptors (Lipinski definition) is 7. The average Bonchev–Trinajstić information content (AvgIpc) is 3.29. The number of hydrogen-bond donors (Lipinski definition) is 2. The third kappa shape index (κ3) is 4.47. The number of aromatic nitrogens is 5. The maximum absolute atomic E-state index is 12.7. The van der Waals surface area contributed by atoms with Gasteiger partial charge in [-0.2, -0.15) is 0 Å². The van der Waals surface area contributed by atoms with Gasteiger partial charge in [0.25, 0.3) is 0 Å². The summed E-state index contributed by atoms with van der Waals surface area (Å²) in [7, 11) is 0. The van der Waals surface area contributed by atoms with Gasteiger partial charge in [0.2, 0.25) is 0 Å². The van der Waals surface area contributed by atoms with Crippen molar-refractivity contribution in [1.29, 1.82) is 0 Å². The highest BCUT2D eigenvalue weighted by atomic mass is 16.6. The topological polar surface area (TPSA) is 107 Å². The molecule has 2 N–H and O–H groups in total. The van der Waals surface area contributed by atoms with E-state index in [4.69, 9.17) is 9.72 Å². The number of amides is 1. The highest BCUT2D eigenvalue weighted by Gasteiger charge is 2.41. The molecule has 1 amide bonds. The van der Waals surface area contributed by atoms with E-state index >= 15 is 0 Å². The molecule has 7 rings (SSSR count). The first-order valence-corrected chi connectivity index (χ1v) is 14.2. The Balaban J connectivity index is 1.38. The first-order chi connectivity index (χ1) is 20.3. The van der Waals surface area contributed by atoms with E-state index in [-0.39, 0.29) is 0 Å². The number of ether oxygens (including phenoxy) is 1. The van der Waals surface area contributed by atoms with E-state index in [2.05, 4.69) is 60.5 Å². The molecule has 0 spiro atoms. The van der Waals surface area contributed by atoms with Gasteiger partial charge in [0.05, 0.1) is 22.6 Å². The van der Waals surface area contributed by atoms with Crippen LogP contribution in [-0.2, 0) is 10.3 Å². The summed E-state index contributed by atoms with van der Waals surface area (Å²) in [6.07, 6.45) is 7.60. The van der Waals surface area contributed by atoms with E-state index in [1.54, 1.807) is 24.7 Å². The van der Waals surface area contributed by atoms with Crippen molar-refractivity contribution < 1.29 is 9.53 Å². The molecule has 1 aliphatic carbocycles. The zero-order chi connectivity index (χ0) is 28.9. The maximum atomic E-state index is 12.7. The molecule has 5 aromatic rings. The lowest BCUT2D eigenvalue weighted by atomic mass is 9.71. The maximum Gasteiger partial charge on any atom is 0.408 e. The van der Waals surface area contributed by atoms with Gasteiger partial charge in [-0.05, 0) is 75.9 Å². The smallest absolute Gasteiger partial charge is 0.408 e. The molecule has 1 saturated carbocycles. The molecule has 9 nitrogen and oxygen atoms in total. The highest BCUT2D eigenvalue weighted by Crippen LogP contribution is 2.45. The van der Waals surface area contributed by atoms with Crippen molar-refractivity contribution in [2.45, 2.75) is 51.2 Å². The third-order valence-corrected chi connectivity index (χ3v) is 7.76. The molecule has 4 heterocycles. The standard InChI is InChI=1S/C33H31N7O2/c1-32(2,3)42-31(41)39-33(16-7-17-33)22-14-12-21(13-15-22)27-26(29-35-19-8-20-36-29)38-30-23-9-4-5-10-24(23)37-28-25(40(27)30)11-6-18-34-28/h4-6,8-15,18-20H,7,16-17H2,1-3H3,(H,34,37)(H,39,41). The zero-order valence-electron chi connectivity index (χ0n) is 23.8. The fourth-order valence-corrected chi connectivity index (χ4v) is 5.73. The molecule has 2 aliphatic rings. The zero-order valence-corrected chi connectivity index (χ0v) is 23.8. The number of benzene rings is 2. The van der Waals surface area contributed by atoms with E-state index in [1.807, 2.05) is 51.1 Å². The molecule has 2 aromatic carbocycles. The van der Waals surface area contributed by atoms with Crippen LogP contribution in [0, 0.1) is 0 Å². The molecular formula is C33H31N7O2. The van der Waals surface area contributed by atoms with Crippen LogP contribution < -0.4 is 10.6 Å². The number of fused-ring (bicyclic) bond motifs is 5. The third-order valence-electron chi connectivity index (χ3n) is 7.76. The fourth-order valence-electron chi connectivity index (χ4n) is 5.73. The van der Waals surface area contributed by atoms with Crippen molar-refractivity contribution in [3.63, 3.8) is 0 Å². The number of alkyl carbamates (subject to hydrolysis) is 1. The monoisotopic (exact) mass is 557 g/mol. The largest absolute Gasteiger partial charge is 0.444 e. The second-order valence-electron chi connectivity index (χ2n) is 11.7. The number of imidazole rings is 1. The van der Waals surface area contributed by atoms with E-state index in [0.29, 0.717) is 11.5 Å². The van der Waals surface area contributed by atoms with Crippen molar-refractivity contribution in [2.24, 2.45) is 0 Å². The highest BCUT2D eigenvalue weighted by molar-refractivity contribution is 5.89. The predicted octanol–water partition coefficient (Wildman–Crippen LogP) is 7.02. The SMILES string of the molecule is CC(C)(C)OC(=O)NC1(c2ccc(-c3c(-c4ncccn4)nc4n3-c3cccnc3Nc3ccccc3-4)cc2)CCC1. The van der Waals surface area contributed by atoms with Crippen molar-refractivity contribution in [1.82, 2.24) is 29.8 Å². The summed E-state index contributed by atoms with van der Waals surface area (Å²) in [6, 6.07) is 22.2. The normalized spacial score (nSPS) is 14.7. The van der Waals surface area contributed by atoms with Gasteiger partial charge < -0.3 is 15.4 Å². The molecule has 0 radical (unpaired) electrons. The number of para-hydroxylation sites is 1. The van der Waals surface area contributed by atoms with Gasteiger partial charge in [0.1, 0.15) is 17.1 Å². The van der Waals surface area contributed by atoms with Crippen molar-refractivity contribution in [2.75, 3.05) is 5.32 Å². The number of carbonyl (C=O) groups excluding carboxylic acids is 1. The Hall–Kier alpha value is -5.05. The Morgan fingerprint density at radius 1 is 0.929 bits per heavy atom. The summed E-state index contributed by atoms with van der Waals surface area (Å²) in [5.74, 6) is 2.04. The summed E-state index contributed by atoms with van der Waals surface area (Å²) < 4.78 is 7.73. The summed E-state index contributed by atoms with van der Waals surface area (Å²) in [6.45, 7) is 5.62. The quantitative estimate of drug-likeness (QED) is 0.240. The molecule has 42 heavy (non-hydrogen) atoms. The van der Waals surface area contributed by atoms with Gasteiger partial charge in [-0.1, -0.05) is 36.4 Å². The van der Waals surface area contributed by atoms with Gasteiger partial charge in [-0.25, -0.2) is 24.7 Å². The molecule has 1 aliphatic heterocycles. The van der Waals surface area contributed by atoms with Crippen LogP contribution in [0.15, 0.2) is 85.3 Å². The van der Waals surface area contributed by atoms with E-state index < -0.39 is 17.2 Å². The second-order valence-corrected chi connectivity index (χ2v) is 11.7. The molecule has 0 saturated heterocycles. The minimum Gasteiger partial charge on any atom is -0.444 e. The number of pyridine rings is 1. The lowest BCUT2D eigenvalue weighted by Crippen LogP contribution is -2.52. The van der Waals surface area contributed by atoms with Gasteiger partial charge in [-0.3, -0.25) is 4.57 Å². The summed E-state index contributed by atoms with van der Waals surface area (Å²) in [5, 5.41) is 6.66. The molecule has 1 fully saturated rings. The van der Waals surface area contributed by atoms with Gasteiger partial charge in [-0.15, -0.1) is 0 Å². The molecule has 0 bridgehead atoms. The molecule has 9 heteroatoms. The van der Waals surface area contributed by atoms with Gasteiger partial charge in [0.15, 0.2) is 11.6 Å². The van der Waals surface area contributed by atoms with Crippen molar-refractivity contribution in [3.05, 3.63) is 90.9 Å².